The van der Waals surface area contributed by atoms with Crippen molar-refractivity contribution in [2.45, 2.75) is 8.06 Å². The molecule has 0 bridgehead atoms. The molecule has 0 heterocycles. The van der Waals surface area contributed by atoms with Gasteiger partial charge in [-0.25, -0.2) is 0 Å². The van der Waals surface area contributed by atoms with Crippen molar-refractivity contribution in [2.75, 3.05) is 5.34 Å². The van der Waals surface area contributed by atoms with Crippen LogP contribution in [0, 0.1) is 0 Å². The second kappa shape index (κ2) is 10.7. The van der Waals surface area contributed by atoms with E-state index >= 15 is 0 Å². The molecule has 2 nitrogen and oxygen atoms in total. The molecular weight excluding hydrogens is 533 g/mol. The molecule has 0 fully saturated rings. The molecular formula is C16H14Br3Cl2NO. The van der Waals surface area contributed by atoms with E-state index in [1.165, 1.54) is 0 Å². The zero-order valence-electron chi connectivity index (χ0n) is 11.8. The van der Waals surface area contributed by atoms with Gasteiger partial charge in [-0.1, -0.05) is 114 Å². The summed E-state index contributed by atoms with van der Waals surface area (Å²) in [5.74, 6) is -0.212. The lowest BCUT2D eigenvalue weighted by Gasteiger charge is -2.27. The Morgan fingerprint density at radius 2 is 1.39 bits per heavy atom. The van der Waals surface area contributed by atoms with Gasteiger partial charge in [-0.3, -0.25) is 0 Å². The van der Waals surface area contributed by atoms with Gasteiger partial charge in [0.2, 0.25) is 0 Å². The first-order valence-corrected chi connectivity index (χ1v) is 9.91. The fourth-order valence-corrected chi connectivity index (χ4v) is 3.48. The van der Waals surface area contributed by atoms with Crippen LogP contribution in [-0.4, -0.2) is 18.4 Å². The number of halogens is 5. The third-order valence-corrected chi connectivity index (χ3v) is 4.28. The molecule has 0 radical (unpaired) electrons. The Morgan fingerprint density at radius 1 is 0.957 bits per heavy atom. The minimum atomic E-state index is -0.605. The topological polar surface area (TPSA) is 32.6 Å². The summed E-state index contributed by atoms with van der Waals surface area (Å²) in [6.07, 6.45) is 0. The lowest BCUT2D eigenvalue weighted by Crippen LogP contribution is -2.25. The van der Waals surface area contributed by atoms with Crippen LogP contribution in [0.3, 0.4) is 0 Å². The monoisotopic (exact) mass is 543 g/mol. The molecule has 2 aromatic carbocycles. The molecule has 0 aliphatic rings. The Hall–Kier alpha value is -0.0700. The van der Waals surface area contributed by atoms with E-state index in [1.807, 2.05) is 60.7 Å². The minimum Gasteiger partial charge on any atom is -0.411 e. The second-order valence-corrected chi connectivity index (χ2v) is 12.1. The van der Waals surface area contributed by atoms with Gasteiger partial charge in [0.25, 0.3) is 0 Å². The lowest BCUT2D eigenvalue weighted by atomic mass is 9.91. The van der Waals surface area contributed by atoms with Gasteiger partial charge in [0.15, 0.2) is 0 Å². The van der Waals surface area contributed by atoms with Crippen LogP contribution in [0.4, 0.5) is 0 Å². The van der Waals surface area contributed by atoms with Crippen molar-refractivity contribution in [1.29, 1.82) is 0 Å². The first-order chi connectivity index (χ1) is 11.0. The van der Waals surface area contributed by atoms with Gasteiger partial charge in [0.05, 0.1) is 17.0 Å². The molecule has 0 spiro atoms. The molecule has 23 heavy (non-hydrogen) atoms. The van der Waals surface area contributed by atoms with Crippen molar-refractivity contribution in [1.82, 2.24) is 0 Å². The van der Waals surface area contributed by atoms with E-state index in [0.29, 0.717) is 5.71 Å². The number of alkyl halides is 5. The van der Waals surface area contributed by atoms with Crippen molar-refractivity contribution < 1.29 is 5.21 Å². The van der Waals surface area contributed by atoms with Crippen LogP contribution < -0.4 is 0 Å². The predicted octanol–water partition coefficient (Wildman–Crippen LogP) is 6.91. The summed E-state index contributed by atoms with van der Waals surface area (Å²) < 4.78 is -0.605. The number of rotatable bonds is 3. The van der Waals surface area contributed by atoms with Gasteiger partial charge in [0, 0.05) is 5.56 Å². The van der Waals surface area contributed by atoms with Crippen LogP contribution in [0.1, 0.15) is 17.0 Å². The van der Waals surface area contributed by atoms with Crippen LogP contribution >= 0.6 is 71.0 Å². The standard InChI is InChI=1S/C15H12Br3NO.CH2Cl2/c16-15(17,18)13(11-7-3-1-4-8-11)14(19-20)12-9-5-2-6-10-12;2-1-3/h1-10,13,20H;1H2/b19-14+;/t13-;/m1./s1. The minimum absolute atomic E-state index is 0.194. The average molecular weight is 547 g/mol. The summed E-state index contributed by atoms with van der Waals surface area (Å²) in [4.78, 5) is 0. The molecule has 0 saturated carbocycles. The predicted molar refractivity (Wildman–Crippen MR) is 110 cm³/mol. The van der Waals surface area contributed by atoms with Crippen LogP contribution in [0.5, 0.6) is 0 Å². The summed E-state index contributed by atoms with van der Waals surface area (Å²) in [7, 11) is 0. The fourth-order valence-electron chi connectivity index (χ4n) is 2.04. The Balaban J connectivity index is 0.000000816. The van der Waals surface area contributed by atoms with Gasteiger partial charge in [-0.05, 0) is 5.56 Å². The fraction of sp³-hybridized carbons (Fsp3) is 0.188. The molecule has 0 aromatic heterocycles. The molecule has 0 aliphatic heterocycles. The van der Waals surface area contributed by atoms with Crippen molar-refractivity contribution in [3.8, 4) is 0 Å². The lowest BCUT2D eigenvalue weighted by molar-refractivity contribution is 0.317. The molecule has 0 unspecified atom stereocenters. The SMILES string of the molecule is ClCCl.O/N=C(\c1ccccc1)[C@@H](c1ccccc1)C(Br)(Br)Br. The summed E-state index contributed by atoms with van der Waals surface area (Å²) in [6, 6.07) is 19.5. The van der Waals surface area contributed by atoms with E-state index in [0.717, 1.165) is 11.1 Å². The highest BCUT2D eigenvalue weighted by Crippen LogP contribution is 2.48. The number of benzene rings is 2. The maximum absolute atomic E-state index is 9.50. The third kappa shape index (κ3) is 6.75. The Labute approximate surface area is 171 Å². The van der Waals surface area contributed by atoms with Crippen molar-refractivity contribution in [2.24, 2.45) is 5.16 Å². The molecule has 0 aliphatic carbocycles. The first-order valence-electron chi connectivity index (χ1n) is 6.46. The molecule has 0 saturated heterocycles. The summed E-state index contributed by atoms with van der Waals surface area (Å²) in [5.41, 5.74) is 2.46. The summed E-state index contributed by atoms with van der Waals surface area (Å²) in [6.45, 7) is 0. The second-order valence-electron chi connectivity index (χ2n) is 4.34. The first kappa shape index (κ1) is 21.0. The van der Waals surface area contributed by atoms with E-state index in [4.69, 9.17) is 23.2 Å². The number of oxime groups is 1. The molecule has 2 rings (SSSR count). The molecule has 1 N–H and O–H groups in total. The zero-order chi connectivity index (χ0) is 17.3. The van der Waals surface area contributed by atoms with Crippen molar-refractivity contribution in [3.63, 3.8) is 0 Å². The maximum Gasteiger partial charge on any atom is 0.147 e. The highest BCUT2D eigenvalue weighted by atomic mass is 80.0. The van der Waals surface area contributed by atoms with E-state index in [-0.39, 0.29) is 11.3 Å². The van der Waals surface area contributed by atoms with E-state index < -0.39 is 2.14 Å². The van der Waals surface area contributed by atoms with Crippen LogP contribution in [0.25, 0.3) is 0 Å². The number of hydrogen-bond donors (Lipinski definition) is 1. The normalized spacial score (nSPS) is 13.0. The van der Waals surface area contributed by atoms with Gasteiger partial charge >= 0.3 is 0 Å². The number of nitrogens with zero attached hydrogens (tertiary/aromatic N) is 1. The Kier molecular flexibility index (Phi) is 9.78. The van der Waals surface area contributed by atoms with E-state index in [2.05, 4.69) is 52.9 Å². The van der Waals surface area contributed by atoms with Crippen LogP contribution in [0.15, 0.2) is 65.8 Å². The van der Waals surface area contributed by atoms with Crippen molar-refractivity contribution >= 4 is 76.7 Å². The molecule has 7 heteroatoms. The van der Waals surface area contributed by atoms with Crippen LogP contribution in [0.2, 0.25) is 0 Å². The van der Waals surface area contributed by atoms with Gasteiger partial charge < -0.3 is 5.21 Å². The maximum atomic E-state index is 9.50. The Bertz CT molecular complexity index is 604. The van der Waals surface area contributed by atoms with Gasteiger partial charge in [-0.2, -0.15) is 0 Å². The third-order valence-electron chi connectivity index (χ3n) is 2.91. The average Bonchev–Trinajstić information content (AvgIpc) is 2.53. The highest BCUT2D eigenvalue weighted by molar-refractivity contribution is 9.39. The zero-order valence-corrected chi connectivity index (χ0v) is 18.1. The van der Waals surface area contributed by atoms with E-state index in [9.17, 15) is 5.21 Å². The number of hydrogen-bond acceptors (Lipinski definition) is 2. The summed E-state index contributed by atoms with van der Waals surface area (Å²) in [5, 5.41) is 13.2. The molecule has 2 aromatic rings. The van der Waals surface area contributed by atoms with Crippen molar-refractivity contribution in [3.05, 3.63) is 71.8 Å². The Morgan fingerprint density at radius 3 is 1.78 bits per heavy atom. The quantitative estimate of drug-likeness (QED) is 0.193. The van der Waals surface area contributed by atoms with Gasteiger partial charge in [0.1, 0.15) is 2.14 Å². The smallest absolute Gasteiger partial charge is 0.147 e. The highest BCUT2D eigenvalue weighted by Gasteiger charge is 2.37. The van der Waals surface area contributed by atoms with E-state index in [1.54, 1.807) is 0 Å². The molecule has 1 atom stereocenters. The summed E-state index contributed by atoms with van der Waals surface area (Å²) >= 11 is 20.2. The molecule has 0 amide bonds. The largest absolute Gasteiger partial charge is 0.411 e. The molecule has 124 valence electrons. The van der Waals surface area contributed by atoms with Gasteiger partial charge in [-0.15, -0.1) is 23.2 Å². The van der Waals surface area contributed by atoms with Crippen LogP contribution in [-0.2, 0) is 0 Å².